The van der Waals surface area contributed by atoms with Gasteiger partial charge in [0.25, 0.3) is 0 Å². The van der Waals surface area contributed by atoms with Crippen molar-refractivity contribution in [3.63, 3.8) is 0 Å². The second-order valence-electron chi connectivity index (χ2n) is 6.10. The highest BCUT2D eigenvalue weighted by atomic mass is 32.1. The van der Waals surface area contributed by atoms with Gasteiger partial charge in [-0.25, -0.2) is 0 Å². The fourth-order valence-corrected chi connectivity index (χ4v) is 3.41. The van der Waals surface area contributed by atoms with E-state index in [0.717, 1.165) is 20.9 Å². The van der Waals surface area contributed by atoms with Gasteiger partial charge in [-0.3, -0.25) is 4.79 Å². The number of carbonyl (C=O) groups is 1. The fraction of sp³-hybridized carbons (Fsp3) is 0.130. The molecule has 28 heavy (non-hydrogen) atoms. The summed E-state index contributed by atoms with van der Waals surface area (Å²) in [4.78, 5) is 14.1. The van der Waals surface area contributed by atoms with Crippen molar-refractivity contribution >= 4 is 23.2 Å². The Hall–Kier alpha value is -3.36. The lowest BCUT2D eigenvalue weighted by atomic mass is 10.1. The van der Waals surface area contributed by atoms with Gasteiger partial charge in [-0.2, -0.15) is 5.26 Å². The number of methoxy groups -OCH3 is 1. The number of thiophene rings is 1. The third kappa shape index (κ3) is 4.87. The van der Waals surface area contributed by atoms with E-state index in [2.05, 4.69) is 6.07 Å². The van der Waals surface area contributed by atoms with Gasteiger partial charge in [-0.1, -0.05) is 12.1 Å². The zero-order valence-electron chi connectivity index (χ0n) is 15.6. The van der Waals surface area contributed by atoms with E-state index in [1.54, 1.807) is 43.5 Å². The van der Waals surface area contributed by atoms with Crippen LogP contribution in [0, 0.1) is 18.3 Å². The molecule has 0 aliphatic rings. The average Bonchev–Trinajstić information content (AvgIpc) is 3.17. The normalized spacial score (nSPS) is 10.6. The van der Waals surface area contributed by atoms with Crippen LogP contribution in [0.15, 0.2) is 60.7 Å². The molecule has 3 aromatic rings. The zero-order valence-corrected chi connectivity index (χ0v) is 16.5. The van der Waals surface area contributed by atoms with E-state index in [1.807, 2.05) is 37.3 Å². The molecule has 3 rings (SSSR count). The van der Waals surface area contributed by atoms with Crippen LogP contribution in [0.1, 0.15) is 31.2 Å². The number of rotatable bonds is 7. The lowest BCUT2D eigenvalue weighted by Crippen LogP contribution is -1.99. The number of hydrogen-bond donors (Lipinski definition) is 0. The molecule has 1 heterocycles. The molecule has 0 radical (unpaired) electrons. The van der Waals surface area contributed by atoms with Crippen molar-refractivity contribution in [1.82, 2.24) is 0 Å². The Bertz CT molecular complexity index is 1040. The Morgan fingerprint density at radius 3 is 2.57 bits per heavy atom. The number of aryl methyl sites for hydroxylation is 1. The second-order valence-corrected chi connectivity index (χ2v) is 7.39. The van der Waals surface area contributed by atoms with Crippen LogP contribution in [0.4, 0.5) is 0 Å². The summed E-state index contributed by atoms with van der Waals surface area (Å²) in [7, 11) is 1.61. The monoisotopic (exact) mass is 389 g/mol. The first kappa shape index (κ1) is 19.4. The van der Waals surface area contributed by atoms with E-state index in [1.165, 1.54) is 11.3 Å². The first-order chi connectivity index (χ1) is 13.6. The molecule has 0 saturated carbocycles. The number of ketones is 1. The average molecular weight is 389 g/mol. The third-order valence-corrected chi connectivity index (χ3v) is 5.11. The van der Waals surface area contributed by atoms with Gasteiger partial charge < -0.3 is 9.47 Å². The molecule has 0 spiro atoms. The number of nitrogens with zero attached hydrogens (tertiary/aromatic N) is 1. The van der Waals surface area contributed by atoms with Gasteiger partial charge in [0.05, 0.1) is 23.6 Å². The van der Waals surface area contributed by atoms with E-state index in [0.29, 0.717) is 23.7 Å². The number of nitriles is 1. The van der Waals surface area contributed by atoms with Crippen LogP contribution in [-0.2, 0) is 6.61 Å². The van der Waals surface area contributed by atoms with Crippen LogP contribution < -0.4 is 9.47 Å². The predicted molar refractivity (Wildman–Crippen MR) is 111 cm³/mol. The van der Waals surface area contributed by atoms with E-state index in [-0.39, 0.29) is 5.78 Å². The summed E-state index contributed by atoms with van der Waals surface area (Å²) < 4.78 is 11.2. The van der Waals surface area contributed by atoms with Crippen molar-refractivity contribution < 1.29 is 14.3 Å². The van der Waals surface area contributed by atoms with Crippen LogP contribution in [-0.4, -0.2) is 12.9 Å². The van der Waals surface area contributed by atoms with Gasteiger partial charge in [0.15, 0.2) is 5.78 Å². The minimum absolute atomic E-state index is 0.00991. The van der Waals surface area contributed by atoms with Crippen LogP contribution in [0.2, 0.25) is 0 Å². The standard InChI is InChI=1S/C23H19NO3S/c1-16-3-12-23(28-16)21(25)10-6-17-7-11-22(26-2)19(13-17)15-27-20-8-4-18(14-24)5-9-20/h3-13H,15H2,1-2H3/b10-6+. The first-order valence-electron chi connectivity index (χ1n) is 8.68. The molecule has 0 amide bonds. The number of allylic oxidation sites excluding steroid dienone is 1. The van der Waals surface area contributed by atoms with Crippen molar-refractivity contribution in [2.24, 2.45) is 0 Å². The van der Waals surface area contributed by atoms with Crippen LogP contribution in [0.3, 0.4) is 0 Å². The van der Waals surface area contributed by atoms with Gasteiger partial charge in [0.2, 0.25) is 0 Å². The lowest BCUT2D eigenvalue weighted by Gasteiger charge is -2.11. The van der Waals surface area contributed by atoms with Gasteiger partial charge in [-0.15, -0.1) is 11.3 Å². The summed E-state index contributed by atoms with van der Waals surface area (Å²) in [6.45, 7) is 2.30. The summed E-state index contributed by atoms with van der Waals surface area (Å²) >= 11 is 1.49. The van der Waals surface area contributed by atoms with E-state index in [4.69, 9.17) is 14.7 Å². The molecule has 0 N–H and O–H groups in total. The lowest BCUT2D eigenvalue weighted by molar-refractivity contribution is 0.105. The minimum Gasteiger partial charge on any atom is -0.496 e. The van der Waals surface area contributed by atoms with Crippen LogP contribution in [0.5, 0.6) is 11.5 Å². The molecule has 0 aliphatic heterocycles. The maximum Gasteiger partial charge on any atom is 0.195 e. The highest BCUT2D eigenvalue weighted by Gasteiger charge is 2.07. The Morgan fingerprint density at radius 2 is 1.93 bits per heavy atom. The summed E-state index contributed by atoms with van der Waals surface area (Å²) in [5, 5.41) is 8.86. The summed E-state index contributed by atoms with van der Waals surface area (Å²) in [5.41, 5.74) is 2.34. The molecule has 0 unspecified atom stereocenters. The largest absolute Gasteiger partial charge is 0.496 e. The zero-order chi connectivity index (χ0) is 19.9. The Balaban J connectivity index is 1.72. The molecule has 0 fully saturated rings. The number of carbonyl (C=O) groups excluding carboxylic acids is 1. The molecule has 140 valence electrons. The summed E-state index contributed by atoms with van der Waals surface area (Å²) in [5.74, 6) is 1.38. The van der Waals surface area contributed by atoms with Crippen LogP contribution in [0.25, 0.3) is 6.08 Å². The van der Waals surface area contributed by atoms with Gasteiger partial charge in [-0.05, 0) is 67.1 Å². The number of hydrogen-bond acceptors (Lipinski definition) is 5. The van der Waals surface area contributed by atoms with Gasteiger partial charge in [0.1, 0.15) is 18.1 Å². The molecule has 0 saturated heterocycles. The van der Waals surface area contributed by atoms with E-state index >= 15 is 0 Å². The fourth-order valence-electron chi connectivity index (χ4n) is 2.62. The topological polar surface area (TPSA) is 59.3 Å². The summed E-state index contributed by atoms with van der Waals surface area (Å²) in [6, 6.07) is 18.5. The SMILES string of the molecule is COc1ccc(/C=C/C(=O)c2ccc(C)s2)cc1COc1ccc(C#N)cc1. The Kier molecular flexibility index (Phi) is 6.25. The Labute approximate surface area is 168 Å². The summed E-state index contributed by atoms with van der Waals surface area (Å²) in [6.07, 6.45) is 3.38. The third-order valence-electron chi connectivity index (χ3n) is 4.09. The number of ether oxygens (including phenoxy) is 2. The molecule has 2 aromatic carbocycles. The van der Waals surface area contributed by atoms with Crippen molar-refractivity contribution in [3.05, 3.63) is 87.1 Å². The molecule has 0 bridgehead atoms. The van der Waals surface area contributed by atoms with Crippen molar-refractivity contribution in [1.29, 1.82) is 5.26 Å². The molecule has 5 heteroatoms. The maximum atomic E-state index is 12.3. The molecule has 0 aliphatic carbocycles. The molecule has 4 nitrogen and oxygen atoms in total. The smallest absolute Gasteiger partial charge is 0.195 e. The molecular formula is C23H19NO3S. The van der Waals surface area contributed by atoms with E-state index < -0.39 is 0 Å². The minimum atomic E-state index is -0.00991. The molecule has 0 atom stereocenters. The number of benzene rings is 2. The van der Waals surface area contributed by atoms with Crippen molar-refractivity contribution in [2.45, 2.75) is 13.5 Å². The quantitative estimate of drug-likeness (QED) is 0.400. The highest BCUT2D eigenvalue weighted by Crippen LogP contribution is 2.23. The van der Waals surface area contributed by atoms with Crippen molar-refractivity contribution in [3.8, 4) is 17.6 Å². The molecule has 1 aromatic heterocycles. The maximum absolute atomic E-state index is 12.3. The van der Waals surface area contributed by atoms with E-state index in [9.17, 15) is 4.79 Å². The predicted octanol–water partition coefficient (Wildman–Crippen LogP) is 5.41. The molecular weight excluding hydrogens is 370 g/mol. The second kappa shape index (κ2) is 9.03. The first-order valence-corrected chi connectivity index (χ1v) is 9.49. The van der Waals surface area contributed by atoms with Gasteiger partial charge in [0, 0.05) is 10.4 Å². The highest BCUT2D eigenvalue weighted by molar-refractivity contribution is 7.14. The van der Waals surface area contributed by atoms with Crippen LogP contribution >= 0.6 is 11.3 Å². The van der Waals surface area contributed by atoms with Crippen molar-refractivity contribution in [2.75, 3.05) is 7.11 Å². The van der Waals surface area contributed by atoms with Gasteiger partial charge >= 0.3 is 0 Å². The Morgan fingerprint density at radius 1 is 1.14 bits per heavy atom.